The highest BCUT2D eigenvalue weighted by Crippen LogP contribution is 2.25. The number of halogens is 1. The minimum atomic E-state index is -3.79. The average molecular weight is 583 g/mol. The Hall–Kier alpha value is -2.59. The lowest BCUT2D eigenvalue weighted by Crippen LogP contribution is -2.55. The lowest BCUT2D eigenvalue weighted by molar-refractivity contribution is -0.141. The standard InChI is InChI=1S/C26H36BrN3O5S/c1-8-23(25(32)28-26(3,4)5)29(16-19-10-9-11-21(15-19)35-6)24(31)17-30(36(7,33)34)20-12-13-22(27)18(2)14-20/h9-15,23H,8,16-17H2,1-7H3,(H,28,32)/t23-/m1/s1. The first-order valence-corrected chi connectivity index (χ1v) is 14.3. The quantitative estimate of drug-likeness (QED) is 0.452. The third-order valence-corrected chi connectivity index (χ3v) is 7.51. The van der Waals surface area contributed by atoms with Gasteiger partial charge in [-0.3, -0.25) is 13.9 Å². The highest BCUT2D eigenvalue weighted by atomic mass is 79.9. The molecule has 2 amide bonds. The zero-order valence-corrected chi connectivity index (χ0v) is 24.4. The summed E-state index contributed by atoms with van der Waals surface area (Å²) in [5.74, 6) is -0.165. The van der Waals surface area contributed by atoms with E-state index in [1.807, 2.05) is 40.7 Å². The van der Waals surface area contributed by atoms with Gasteiger partial charge in [-0.25, -0.2) is 8.42 Å². The number of hydrogen-bond donors (Lipinski definition) is 1. The van der Waals surface area contributed by atoms with Gasteiger partial charge in [0.1, 0.15) is 18.3 Å². The second-order valence-corrected chi connectivity index (χ2v) is 12.5. The molecular weight excluding hydrogens is 546 g/mol. The second-order valence-electron chi connectivity index (χ2n) is 9.74. The molecule has 0 radical (unpaired) electrons. The number of amides is 2. The number of aryl methyl sites for hydroxylation is 1. The van der Waals surface area contributed by atoms with Crippen LogP contribution in [0.5, 0.6) is 5.75 Å². The number of carbonyl (C=O) groups is 2. The number of benzene rings is 2. The molecule has 0 aromatic heterocycles. The van der Waals surface area contributed by atoms with E-state index in [1.54, 1.807) is 43.5 Å². The summed E-state index contributed by atoms with van der Waals surface area (Å²) in [4.78, 5) is 28.4. The molecule has 8 nitrogen and oxygen atoms in total. The summed E-state index contributed by atoms with van der Waals surface area (Å²) in [5, 5.41) is 2.95. The van der Waals surface area contributed by atoms with Crippen molar-refractivity contribution < 1.29 is 22.7 Å². The van der Waals surface area contributed by atoms with Crippen molar-refractivity contribution in [2.24, 2.45) is 0 Å². The van der Waals surface area contributed by atoms with Gasteiger partial charge in [0.25, 0.3) is 0 Å². The summed E-state index contributed by atoms with van der Waals surface area (Å²) in [6, 6.07) is 11.5. The number of sulfonamides is 1. The number of ether oxygens (including phenoxy) is 1. The van der Waals surface area contributed by atoms with E-state index in [0.717, 1.165) is 26.2 Å². The number of hydrogen-bond acceptors (Lipinski definition) is 5. The Bertz CT molecular complexity index is 1190. The summed E-state index contributed by atoms with van der Waals surface area (Å²) in [7, 11) is -2.24. The van der Waals surface area contributed by atoms with Gasteiger partial charge in [0.15, 0.2) is 0 Å². The minimum absolute atomic E-state index is 0.114. The normalized spacial score (nSPS) is 12.6. The van der Waals surface area contributed by atoms with Crippen LogP contribution in [0.1, 0.15) is 45.2 Å². The Morgan fingerprint density at radius 1 is 1.14 bits per heavy atom. The maximum Gasteiger partial charge on any atom is 0.244 e. The third kappa shape index (κ3) is 8.23. The molecule has 0 aliphatic rings. The second kappa shape index (κ2) is 12.1. The zero-order valence-electron chi connectivity index (χ0n) is 22.0. The van der Waals surface area contributed by atoms with Crippen molar-refractivity contribution in [1.82, 2.24) is 10.2 Å². The largest absolute Gasteiger partial charge is 0.497 e. The van der Waals surface area contributed by atoms with Crippen molar-refractivity contribution in [3.8, 4) is 5.75 Å². The molecule has 0 bridgehead atoms. The molecule has 1 atom stereocenters. The Labute approximate surface area is 223 Å². The van der Waals surface area contributed by atoms with Gasteiger partial charge in [0.2, 0.25) is 21.8 Å². The van der Waals surface area contributed by atoms with Gasteiger partial charge in [0, 0.05) is 16.6 Å². The molecule has 0 heterocycles. The van der Waals surface area contributed by atoms with E-state index < -0.39 is 34.1 Å². The first-order chi connectivity index (χ1) is 16.7. The van der Waals surface area contributed by atoms with E-state index in [0.29, 0.717) is 17.9 Å². The van der Waals surface area contributed by atoms with Crippen LogP contribution in [0.2, 0.25) is 0 Å². The summed E-state index contributed by atoms with van der Waals surface area (Å²) >= 11 is 3.42. The van der Waals surface area contributed by atoms with Crippen LogP contribution in [0.4, 0.5) is 5.69 Å². The number of nitrogens with one attached hydrogen (secondary N) is 1. The van der Waals surface area contributed by atoms with Crippen LogP contribution < -0.4 is 14.4 Å². The van der Waals surface area contributed by atoms with Gasteiger partial charge in [-0.15, -0.1) is 0 Å². The summed E-state index contributed by atoms with van der Waals surface area (Å²) < 4.78 is 32.7. The van der Waals surface area contributed by atoms with Crippen LogP contribution in [0.3, 0.4) is 0 Å². The van der Waals surface area contributed by atoms with E-state index in [2.05, 4.69) is 21.2 Å². The molecule has 2 aromatic carbocycles. The average Bonchev–Trinajstić information content (AvgIpc) is 2.77. The number of anilines is 1. The number of rotatable bonds is 10. The molecule has 0 saturated carbocycles. The van der Waals surface area contributed by atoms with Crippen molar-refractivity contribution in [1.29, 1.82) is 0 Å². The van der Waals surface area contributed by atoms with Crippen LogP contribution >= 0.6 is 15.9 Å². The minimum Gasteiger partial charge on any atom is -0.497 e. The molecule has 1 N–H and O–H groups in total. The topological polar surface area (TPSA) is 96.0 Å². The van der Waals surface area contributed by atoms with Gasteiger partial charge >= 0.3 is 0 Å². The lowest BCUT2D eigenvalue weighted by atomic mass is 10.1. The maximum absolute atomic E-state index is 13.8. The molecule has 0 aliphatic carbocycles. The molecule has 0 aliphatic heterocycles. The predicted molar refractivity (Wildman–Crippen MR) is 147 cm³/mol. The molecule has 0 saturated heterocycles. The van der Waals surface area contributed by atoms with Gasteiger partial charge in [-0.1, -0.05) is 35.0 Å². The monoisotopic (exact) mass is 581 g/mol. The fraction of sp³-hybridized carbons (Fsp3) is 0.462. The van der Waals surface area contributed by atoms with E-state index in [-0.39, 0.29) is 12.5 Å². The summed E-state index contributed by atoms with van der Waals surface area (Å²) in [6.07, 6.45) is 1.42. The van der Waals surface area contributed by atoms with E-state index in [1.165, 1.54) is 4.90 Å². The summed E-state index contributed by atoms with van der Waals surface area (Å²) in [6.45, 7) is 8.94. The summed E-state index contributed by atoms with van der Waals surface area (Å²) in [5.41, 5.74) is 1.47. The SMILES string of the molecule is CC[C@H](C(=O)NC(C)(C)C)N(Cc1cccc(OC)c1)C(=O)CN(c1ccc(Br)c(C)c1)S(C)(=O)=O. The van der Waals surface area contributed by atoms with Crippen molar-refractivity contribution in [2.75, 3.05) is 24.2 Å². The Kier molecular flexibility index (Phi) is 9.96. The molecule has 0 unspecified atom stereocenters. The Morgan fingerprint density at radius 2 is 1.81 bits per heavy atom. The van der Waals surface area contributed by atoms with Crippen LogP contribution in [0.15, 0.2) is 46.9 Å². The van der Waals surface area contributed by atoms with Gasteiger partial charge < -0.3 is 15.0 Å². The molecule has 10 heteroatoms. The molecule has 198 valence electrons. The van der Waals surface area contributed by atoms with Crippen molar-refractivity contribution >= 4 is 43.5 Å². The van der Waals surface area contributed by atoms with Crippen molar-refractivity contribution in [3.63, 3.8) is 0 Å². The van der Waals surface area contributed by atoms with E-state index in [9.17, 15) is 18.0 Å². The van der Waals surface area contributed by atoms with E-state index in [4.69, 9.17) is 4.74 Å². The van der Waals surface area contributed by atoms with E-state index >= 15 is 0 Å². The smallest absolute Gasteiger partial charge is 0.244 e. The van der Waals surface area contributed by atoms with Crippen LogP contribution in [-0.2, 0) is 26.2 Å². The molecule has 2 aromatic rings. The van der Waals surface area contributed by atoms with Gasteiger partial charge in [0.05, 0.1) is 19.1 Å². The van der Waals surface area contributed by atoms with Crippen molar-refractivity contribution in [2.45, 2.75) is 59.2 Å². The van der Waals surface area contributed by atoms with Crippen LogP contribution in [0.25, 0.3) is 0 Å². The number of carbonyl (C=O) groups excluding carboxylic acids is 2. The number of nitrogens with zero attached hydrogens (tertiary/aromatic N) is 2. The van der Waals surface area contributed by atoms with Gasteiger partial charge in [-0.2, -0.15) is 0 Å². The third-order valence-electron chi connectivity index (χ3n) is 5.48. The zero-order chi connectivity index (χ0) is 27.3. The van der Waals surface area contributed by atoms with Gasteiger partial charge in [-0.05, 0) is 75.6 Å². The predicted octanol–water partition coefficient (Wildman–Crippen LogP) is 4.25. The maximum atomic E-state index is 13.8. The fourth-order valence-electron chi connectivity index (χ4n) is 3.74. The number of methoxy groups -OCH3 is 1. The van der Waals surface area contributed by atoms with Crippen LogP contribution in [-0.4, -0.2) is 56.6 Å². The van der Waals surface area contributed by atoms with Crippen LogP contribution in [0, 0.1) is 6.92 Å². The fourth-order valence-corrected chi connectivity index (χ4v) is 4.83. The molecule has 0 fully saturated rings. The first-order valence-electron chi connectivity index (χ1n) is 11.6. The molecule has 36 heavy (non-hydrogen) atoms. The first kappa shape index (κ1) is 29.6. The molecular formula is C26H36BrN3O5S. The Morgan fingerprint density at radius 3 is 2.33 bits per heavy atom. The Balaban J connectivity index is 2.49. The highest BCUT2D eigenvalue weighted by molar-refractivity contribution is 9.10. The lowest BCUT2D eigenvalue weighted by Gasteiger charge is -2.34. The molecule has 2 rings (SSSR count). The van der Waals surface area contributed by atoms with Crippen molar-refractivity contribution in [3.05, 3.63) is 58.1 Å². The molecule has 0 spiro atoms. The highest BCUT2D eigenvalue weighted by Gasteiger charge is 2.33.